The molecule has 1 heterocycles. The molecule has 1 aliphatic heterocycles. The summed E-state index contributed by atoms with van der Waals surface area (Å²) in [5.41, 5.74) is 3.03. The topological polar surface area (TPSA) is 84.9 Å². The van der Waals surface area contributed by atoms with Crippen LogP contribution in [0.2, 0.25) is 0 Å². The highest BCUT2D eigenvalue weighted by Gasteiger charge is 2.25. The molecule has 150 valence electrons. The molecule has 1 amide bonds. The van der Waals surface area contributed by atoms with Crippen molar-refractivity contribution >= 4 is 27.3 Å². The number of benzene rings is 2. The van der Waals surface area contributed by atoms with Crippen molar-refractivity contribution in [2.45, 2.75) is 20.8 Å². The van der Waals surface area contributed by atoms with Crippen molar-refractivity contribution in [2.24, 2.45) is 0 Å². The summed E-state index contributed by atoms with van der Waals surface area (Å²) >= 11 is 0. The van der Waals surface area contributed by atoms with E-state index in [4.69, 9.17) is 9.47 Å². The molecule has 0 saturated carbocycles. The number of hydrogen-bond donors (Lipinski definition) is 1. The molecule has 2 aromatic carbocycles. The molecule has 2 aromatic rings. The molecule has 0 fully saturated rings. The molecule has 0 spiro atoms. The number of nitrogens with zero attached hydrogens (tertiary/aromatic N) is 1. The Morgan fingerprint density at radius 2 is 1.68 bits per heavy atom. The lowest BCUT2D eigenvalue weighted by atomic mass is 10.1. The quantitative estimate of drug-likeness (QED) is 0.800. The maximum atomic E-state index is 12.6. The van der Waals surface area contributed by atoms with Crippen molar-refractivity contribution in [1.29, 1.82) is 0 Å². The second-order valence-electron chi connectivity index (χ2n) is 6.66. The standard InChI is InChI=1S/C20H24N2O5S/c1-4-28(24,25)22(17-5-6-18-19(12-17)27-8-7-26-18)13-20(23)21-16-10-14(2)9-15(3)11-16/h5-6,9-12H,4,7-8,13H2,1-3H3,(H,21,23). The molecule has 8 heteroatoms. The number of ether oxygens (including phenoxy) is 2. The summed E-state index contributed by atoms with van der Waals surface area (Å²) < 4.78 is 37.4. The number of aryl methyl sites for hydroxylation is 2. The maximum Gasteiger partial charge on any atom is 0.245 e. The highest BCUT2D eigenvalue weighted by Crippen LogP contribution is 2.34. The van der Waals surface area contributed by atoms with Crippen LogP contribution in [0.25, 0.3) is 0 Å². The Kier molecular flexibility index (Phi) is 5.79. The van der Waals surface area contributed by atoms with Gasteiger partial charge in [-0.2, -0.15) is 0 Å². The van der Waals surface area contributed by atoms with Gasteiger partial charge in [-0.3, -0.25) is 9.10 Å². The van der Waals surface area contributed by atoms with Gasteiger partial charge in [0.2, 0.25) is 15.9 Å². The van der Waals surface area contributed by atoms with Gasteiger partial charge < -0.3 is 14.8 Å². The fraction of sp³-hybridized carbons (Fsp3) is 0.350. The van der Waals surface area contributed by atoms with Gasteiger partial charge in [-0.1, -0.05) is 6.07 Å². The lowest BCUT2D eigenvalue weighted by molar-refractivity contribution is -0.114. The van der Waals surface area contributed by atoms with Crippen LogP contribution in [0.15, 0.2) is 36.4 Å². The van der Waals surface area contributed by atoms with Gasteiger partial charge in [0.15, 0.2) is 11.5 Å². The predicted molar refractivity (Wildman–Crippen MR) is 109 cm³/mol. The molecule has 7 nitrogen and oxygen atoms in total. The first-order valence-corrected chi connectivity index (χ1v) is 10.7. The Bertz CT molecular complexity index is 968. The molecular formula is C20H24N2O5S. The average molecular weight is 404 g/mol. The third-order valence-corrected chi connectivity index (χ3v) is 6.05. The number of carbonyl (C=O) groups excluding carboxylic acids is 1. The summed E-state index contributed by atoms with van der Waals surface area (Å²) in [6.07, 6.45) is 0. The normalized spacial score (nSPS) is 13.1. The molecule has 1 aliphatic rings. The van der Waals surface area contributed by atoms with E-state index < -0.39 is 15.9 Å². The zero-order valence-corrected chi connectivity index (χ0v) is 17.0. The molecule has 0 radical (unpaired) electrons. The first kappa shape index (κ1) is 20.0. The minimum atomic E-state index is -3.67. The highest BCUT2D eigenvalue weighted by atomic mass is 32.2. The van der Waals surface area contributed by atoms with Crippen molar-refractivity contribution < 1.29 is 22.7 Å². The van der Waals surface area contributed by atoms with Crippen LogP contribution in [-0.4, -0.2) is 39.8 Å². The zero-order chi connectivity index (χ0) is 20.3. The number of rotatable bonds is 6. The number of amides is 1. The van der Waals surface area contributed by atoms with Gasteiger partial charge >= 0.3 is 0 Å². The van der Waals surface area contributed by atoms with E-state index in [0.717, 1.165) is 15.4 Å². The van der Waals surface area contributed by atoms with Gasteiger partial charge in [0.25, 0.3) is 0 Å². The van der Waals surface area contributed by atoms with Crippen LogP contribution in [-0.2, 0) is 14.8 Å². The molecule has 1 N–H and O–H groups in total. The number of nitrogens with one attached hydrogen (secondary N) is 1. The Morgan fingerprint density at radius 1 is 1.04 bits per heavy atom. The van der Waals surface area contributed by atoms with Crippen LogP contribution in [0.4, 0.5) is 11.4 Å². The Labute approximate surface area is 165 Å². The first-order chi connectivity index (χ1) is 13.3. The summed E-state index contributed by atoms with van der Waals surface area (Å²) in [7, 11) is -3.67. The number of sulfonamides is 1. The average Bonchev–Trinajstić information content (AvgIpc) is 2.64. The molecule has 0 saturated heterocycles. The van der Waals surface area contributed by atoms with Crippen LogP contribution in [0.1, 0.15) is 18.1 Å². The van der Waals surface area contributed by atoms with Crippen LogP contribution in [0.5, 0.6) is 11.5 Å². The first-order valence-electron chi connectivity index (χ1n) is 9.06. The molecule has 0 aliphatic carbocycles. The summed E-state index contributed by atoms with van der Waals surface area (Å²) in [6, 6.07) is 10.5. The molecule has 0 unspecified atom stereocenters. The summed E-state index contributed by atoms with van der Waals surface area (Å²) in [6.45, 7) is 5.92. The summed E-state index contributed by atoms with van der Waals surface area (Å²) in [5, 5.41) is 2.78. The van der Waals surface area contributed by atoms with Crippen molar-refractivity contribution in [3.63, 3.8) is 0 Å². The van der Waals surface area contributed by atoms with Crippen LogP contribution in [0, 0.1) is 13.8 Å². The van der Waals surface area contributed by atoms with Crippen LogP contribution >= 0.6 is 0 Å². The second-order valence-corrected chi connectivity index (χ2v) is 8.84. The van der Waals surface area contributed by atoms with E-state index in [1.165, 1.54) is 0 Å². The predicted octanol–water partition coefficient (Wildman–Crippen LogP) is 2.87. The van der Waals surface area contributed by atoms with E-state index >= 15 is 0 Å². The van der Waals surface area contributed by atoms with E-state index in [1.807, 2.05) is 32.0 Å². The number of anilines is 2. The Balaban J connectivity index is 1.85. The minimum Gasteiger partial charge on any atom is -0.486 e. The fourth-order valence-corrected chi connectivity index (χ4v) is 4.13. The molecule has 0 bridgehead atoms. The lowest BCUT2D eigenvalue weighted by Crippen LogP contribution is -2.39. The van der Waals surface area contributed by atoms with E-state index in [-0.39, 0.29) is 12.3 Å². The molecular weight excluding hydrogens is 380 g/mol. The van der Waals surface area contributed by atoms with Gasteiger partial charge in [-0.15, -0.1) is 0 Å². The Hall–Kier alpha value is -2.74. The van der Waals surface area contributed by atoms with Crippen molar-refractivity contribution in [3.8, 4) is 11.5 Å². The van der Waals surface area contributed by atoms with Gasteiger partial charge in [0, 0.05) is 11.8 Å². The molecule has 3 rings (SSSR count). The number of carbonyl (C=O) groups is 1. The third kappa shape index (κ3) is 4.56. The fourth-order valence-electron chi connectivity index (χ4n) is 3.07. The van der Waals surface area contributed by atoms with Crippen molar-refractivity contribution in [1.82, 2.24) is 0 Å². The molecule has 0 aromatic heterocycles. The maximum absolute atomic E-state index is 12.6. The van der Waals surface area contributed by atoms with Gasteiger partial charge in [-0.05, 0) is 56.2 Å². The van der Waals surface area contributed by atoms with Gasteiger partial charge in [-0.25, -0.2) is 8.42 Å². The lowest BCUT2D eigenvalue weighted by Gasteiger charge is -2.25. The van der Waals surface area contributed by atoms with Crippen molar-refractivity contribution in [2.75, 3.05) is 35.1 Å². The van der Waals surface area contributed by atoms with Crippen LogP contribution < -0.4 is 19.1 Å². The highest BCUT2D eigenvalue weighted by molar-refractivity contribution is 7.92. The van der Waals surface area contributed by atoms with E-state index in [2.05, 4.69) is 5.32 Å². The van der Waals surface area contributed by atoms with Gasteiger partial charge in [0.1, 0.15) is 19.8 Å². The molecule has 0 atom stereocenters. The third-order valence-electron chi connectivity index (χ3n) is 4.31. The van der Waals surface area contributed by atoms with Crippen LogP contribution in [0.3, 0.4) is 0 Å². The van der Waals surface area contributed by atoms with E-state index in [9.17, 15) is 13.2 Å². The summed E-state index contributed by atoms with van der Waals surface area (Å²) in [4.78, 5) is 12.6. The summed E-state index contributed by atoms with van der Waals surface area (Å²) in [5.74, 6) is 0.480. The van der Waals surface area contributed by atoms with Gasteiger partial charge in [0.05, 0.1) is 11.4 Å². The van der Waals surface area contributed by atoms with E-state index in [0.29, 0.717) is 36.1 Å². The number of fused-ring (bicyclic) bond motifs is 1. The smallest absolute Gasteiger partial charge is 0.245 e. The minimum absolute atomic E-state index is 0.127. The zero-order valence-electron chi connectivity index (χ0n) is 16.2. The second kappa shape index (κ2) is 8.10. The SMILES string of the molecule is CCS(=O)(=O)N(CC(=O)Nc1cc(C)cc(C)c1)c1ccc2c(c1)OCCO2. The monoisotopic (exact) mass is 404 g/mol. The number of hydrogen-bond acceptors (Lipinski definition) is 5. The van der Waals surface area contributed by atoms with Crippen molar-refractivity contribution in [3.05, 3.63) is 47.5 Å². The largest absolute Gasteiger partial charge is 0.486 e. The molecule has 28 heavy (non-hydrogen) atoms. The van der Waals surface area contributed by atoms with E-state index in [1.54, 1.807) is 25.1 Å². The Morgan fingerprint density at radius 3 is 2.32 bits per heavy atom.